The van der Waals surface area contributed by atoms with Gasteiger partial charge in [0.05, 0.1) is 5.69 Å². The molecule has 80 valence electrons. The molecule has 0 unspecified atom stereocenters. The number of aromatic nitrogens is 1. The number of nitrogens with one attached hydrogen (secondary N) is 1. The minimum atomic E-state index is 0.452. The molecule has 0 aromatic carbocycles. The summed E-state index contributed by atoms with van der Waals surface area (Å²) in [5, 5.41) is 16.3. The van der Waals surface area contributed by atoms with Gasteiger partial charge in [-0.25, -0.2) is 4.98 Å². The molecule has 4 heteroatoms. The molecular weight excluding hydrogens is 218 g/mol. The van der Waals surface area contributed by atoms with Gasteiger partial charge in [-0.05, 0) is 40.9 Å². The lowest BCUT2D eigenvalue weighted by atomic mass is 10.2. The van der Waals surface area contributed by atoms with Crippen LogP contribution < -0.4 is 5.32 Å². The third-order valence-electron chi connectivity index (χ3n) is 2.22. The van der Waals surface area contributed by atoms with Crippen LogP contribution in [0.1, 0.15) is 11.3 Å². The fourth-order valence-corrected chi connectivity index (χ4v) is 2.12. The predicted octanol–water partition coefficient (Wildman–Crippen LogP) is 2.67. The van der Waals surface area contributed by atoms with E-state index in [1.807, 2.05) is 12.1 Å². The fraction of sp³-hybridized carbons (Fsp3) is 0.167. The Bertz CT molecular complexity index is 485. The number of hydrogen-bond acceptors (Lipinski definition) is 4. The molecule has 0 aliphatic heterocycles. The zero-order chi connectivity index (χ0) is 11.2. The van der Waals surface area contributed by atoms with Crippen molar-refractivity contribution in [3.05, 3.63) is 46.4 Å². The largest absolute Gasteiger partial charge is 0.382 e. The van der Waals surface area contributed by atoms with Gasteiger partial charge in [0.15, 0.2) is 5.69 Å². The van der Waals surface area contributed by atoms with Gasteiger partial charge in [-0.2, -0.15) is 16.6 Å². The summed E-state index contributed by atoms with van der Waals surface area (Å²) in [5.74, 6) is 0. The lowest BCUT2D eigenvalue weighted by Gasteiger charge is -2.05. The van der Waals surface area contributed by atoms with E-state index in [1.165, 1.54) is 5.56 Å². The third-order valence-corrected chi connectivity index (χ3v) is 2.95. The van der Waals surface area contributed by atoms with Gasteiger partial charge in [-0.1, -0.05) is 0 Å². The Morgan fingerprint density at radius 2 is 2.38 bits per heavy atom. The normalized spacial score (nSPS) is 9.69. The van der Waals surface area contributed by atoms with Crippen LogP contribution in [0.5, 0.6) is 0 Å². The molecule has 2 rings (SSSR count). The quantitative estimate of drug-likeness (QED) is 0.876. The van der Waals surface area contributed by atoms with E-state index in [0.29, 0.717) is 5.69 Å². The van der Waals surface area contributed by atoms with Gasteiger partial charge in [0, 0.05) is 12.7 Å². The molecular formula is C12H11N3S. The van der Waals surface area contributed by atoms with Crippen LogP contribution in [0.25, 0.3) is 0 Å². The van der Waals surface area contributed by atoms with Crippen molar-refractivity contribution in [1.29, 1.82) is 5.26 Å². The fourth-order valence-electron chi connectivity index (χ4n) is 1.41. The molecule has 0 amide bonds. The molecule has 0 atom stereocenters. The Kier molecular flexibility index (Phi) is 3.52. The van der Waals surface area contributed by atoms with Crippen molar-refractivity contribution in [2.24, 2.45) is 0 Å². The Morgan fingerprint density at radius 3 is 3.12 bits per heavy atom. The molecule has 2 aromatic heterocycles. The van der Waals surface area contributed by atoms with E-state index in [9.17, 15) is 0 Å². The molecule has 0 aliphatic rings. The number of nitriles is 1. The summed E-state index contributed by atoms with van der Waals surface area (Å²) in [7, 11) is 0. The summed E-state index contributed by atoms with van der Waals surface area (Å²) in [4.78, 5) is 3.99. The lowest BCUT2D eigenvalue weighted by molar-refractivity contribution is 1.02. The number of hydrogen-bond donors (Lipinski definition) is 1. The zero-order valence-corrected chi connectivity index (χ0v) is 9.50. The highest BCUT2D eigenvalue weighted by Gasteiger charge is 2.00. The van der Waals surface area contributed by atoms with E-state index >= 15 is 0 Å². The first kappa shape index (κ1) is 10.7. The molecule has 0 bridgehead atoms. The van der Waals surface area contributed by atoms with E-state index in [-0.39, 0.29) is 0 Å². The van der Waals surface area contributed by atoms with Crippen LogP contribution in [-0.2, 0) is 6.42 Å². The minimum Gasteiger partial charge on any atom is -0.382 e. The maximum absolute atomic E-state index is 8.85. The Labute approximate surface area is 98.4 Å². The third kappa shape index (κ3) is 2.59. The monoisotopic (exact) mass is 229 g/mol. The van der Waals surface area contributed by atoms with Crippen molar-refractivity contribution in [1.82, 2.24) is 4.98 Å². The van der Waals surface area contributed by atoms with Gasteiger partial charge < -0.3 is 5.32 Å². The van der Waals surface area contributed by atoms with Crippen LogP contribution >= 0.6 is 11.3 Å². The first-order valence-corrected chi connectivity index (χ1v) is 5.94. The highest BCUT2D eigenvalue weighted by molar-refractivity contribution is 7.07. The Balaban J connectivity index is 1.93. The van der Waals surface area contributed by atoms with Gasteiger partial charge in [-0.3, -0.25) is 0 Å². The highest BCUT2D eigenvalue weighted by atomic mass is 32.1. The maximum atomic E-state index is 8.85. The zero-order valence-electron chi connectivity index (χ0n) is 8.68. The molecule has 3 nitrogen and oxygen atoms in total. The summed E-state index contributed by atoms with van der Waals surface area (Å²) in [5.41, 5.74) is 2.58. The molecule has 0 radical (unpaired) electrons. The smallest absolute Gasteiger partial charge is 0.163 e. The van der Waals surface area contributed by atoms with E-state index in [1.54, 1.807) is 17.5 Å². The van der Waals surface area contributed by atoms with E-state index in [4.69, 9.17) is 5.26 Å². The van der Waals surface area contributed by atoms with Gasteiger partial charge in [0.25, 0.3) is 0 Å². The molecule has 0 fully saturated rings. The molecule has 1 N–H and O–H groups in total. The second-order valence-electron chi connectivity index (χ2n) is 3.32. The van der Waals surface area contributed by atoms with Gasteiger partial charge in [-0.15, -0.1) is 0 Å². The van der Waals surface area contributed by atoms with Crippen molar-refractivity contribution in [3.63, 3.8) is 0 Å². The molecule has 0 saturated carbocycles. The Hall–Kier alpha value is -1.86. The first-order chi connectivity index (χ1) is 7.90. The molecule has 16 heavy (non-hydrogen) atoms. The molecule has 2 aromatic rings. The first-order valence-electron chi connectivity index (χ1n) is 5.00. The average Bonchev–Trinajstić information content (AvgIpc) is 2.83. The number of pyridine rings is 1. The molecule has 0 spiro atoms. The van der Waals surface area contributed by atoms with Crippen molar-refractivity contribution < 1.29 is 0 Å². The van der Waals surface area contributed by atoms with Crippen molar-refractivity contribution >= 4 is 17.0 Å². The van der Waals surface area contributed by atoms with Gasteiger partial charge in [0.1, 0.15) is 6.07 Å². The van der Waals surface area contributed by atoms with Crippen LogP contribution in [0.4, 0.5) is 5.69 Å². The van der Waals surface area contributed by atoms with Crippen LogP contribution in [0.2, 0.25) is 0 Å². The standard InChI is InChI=1S/C12H11N3S/c13-8-12-11(2-1-5-14-12)15-6-3-10-4-7-16-9-10/h1-2,4-5,7,9,15H,3,6H2. The minimum absolute atomic E-state index is 0.452. The Morgan fingerprint density at radius 1 is 1.44 bits per heavy atom. The molecule has 0 aliphatic carbocycles. The SMILES string of the molecule is N#Cc1ncccc1NCCc1ccsc1. The van der Waals surface area contributed by atoms with E-state index < -0.39 is 0 Å². The summed E-state index contributed by atoms with van der Waals surface area (Å²) < 4.78 is 0. The van der Waals surface area contributed by atoms with Crippen LogP contribution in [0, 0.1) is 11.3 Å². The molecule has 2 heterocycles. The lowest BCUT2D eigenvalue weighted by Crippen LogP contribution is -2.06. The number of nitrogens with zero attached hydrogens (tertiary/aromatic N) is 2. The van der Waals surface area contributed by atoms with Crippen LogP contribution in [0.3, 0.4) is 0 Å². The van der Waals surface area contributed by atoms with Gasteiger partial charge in [0.2, 0.25) is 0 Å². The number of thiophene rings is 1. The number of anilines is 1. The summed E-state index contributed by atoms with van der Waals surface area (Å²) in [6, 6.07) is 7.88. The van der Waals surface area contributed by atoms with Gasteiger partial charge >= 0.3 is 0 Å². The maximum Gasteiger partial charge on any atom is 0.163 e. The van der Waals surface area contributed by atoms with Crippen molar-refractivity contribution in [3.8, 4) is 6.07 Å². The van der Waals surface area contributed by atoms with Crippen LogP contribution in [-0.4, -0.2) is 11.5 Å². The van der Waals surface area contributed by atoms with Crippen molar-refractivity contribution in [2.45, 2.75) is 6.42 Å². The van der Waals surface area contributed by atoms with E-state index in [0.717, 1.165) is 18.7 Å². The second-order valence-corrected chi connectivity index (χ2v) is 4.10. The highest BCUT2D eigenvalue weighted by Crippen LogP contribution is 2.11. The molecule has 0 saturated heterocycles. The second kappa shape index (κ2) is 5.29. The summed E-state index contributed by atoms with van der Waals surface area (Å²) in [6.07, 6.45) is 2.59. The summed E-state index contributed by atoms with van der Waals surface area (Å²) >= 11 is 1.70. The summed E-state index contributed by atoms with van der Waals surface area (Å²) in [6.45, 7) is 0.817. The average molecular weight is 229 g/mol. The van der Waals surface area contributed by atoms with E-state index in [2.05, 4.69) is 33.2 Å². The van der Waals surface area contributed by atoms with Crippen molar-refractivity contribution in [2.75, 3.05) is 11.9 Å². The predicted molar refractivity (Wildman–Crippen MR) is 65.5 cm³/mol. The number of rotatable bonds is 4. The van der Waals surface area contributed by atoms with Crippen LogP contribution in [0.15, 0.2) is 35.2 Å². The topological polar surface area (TPSA) is 48.7 Å².